The van der Waals surface area contributed by atoms with Crippen LogP contribution in [0.25, 0.3) is 11.1 Å². The standard InChI is InChI=1S/C41H37N3O6S/c42-37(45)24-35(44-40(49)50-25-34-32-22-12-10-20-30(32)31-21-11-13-23-33(31)34)38(46)43-36(39(47)48)26-51-41(27-14-4-1-5-15-27,28-16-6-2-7-17-28)29-18-8-3-9-19-29/h1-23,34-36H,24-26H2,(H2,42,45)(H,43,46)(H,44,49)(H,47,48)/t35-,36-/m0/s1. The topological polar surface area (TPSA) is 148 Å². The molecular weight excluding hydrogens is 663 g/mol. The highest BCUT2D eigenvalue weighted by Gasteiger charge is 2.39. The Hall–Kier alpha value is -5.87. The first kappa shape index (κ1) is 35.0. The molecule has 0 heterocycles. The minimum atomic E-state index is -1.47. The Morgan fingerprint density at radius 2 is 1.12 bits per heavy atom. The molecule has 0 spiro atoms. The Kier molecular flexibility index (Phi) is 10.8. The number of ether oxygens (including phenoxy) is 1. The van der Waals surface area contributed by atoms with Crippen LogP contribution in [-0.2, 0) is 23.9 Å². The number of nitrogens with two attached hydrogens (primary N) is 1. The molecule has 0 saturated heterocycles. The van der Waals surface area contributed by atoms with E-state index in [2.05, 4.69) is 10.6 Å². The van der Waals surface area contributed by atoms with E-state index in [4.69, 9.17) is 10.5 Å². The molecular formula is C41H37N3O6S. The Bertz CT molecular complexity index is 1870. The Labute approximate surface area is 300 Å². The molecule has 5 N–H and O–H groups in total. The lowest BCUT2D eigenvalue weighted by Crippen LogP contribution is -2.53. The molecule has 0 bridgehead atoms. The SMILES string of the molecule is NC(=O)C[C@H](NC(=O)OCC1c2ccccc2-c2ccccc21)C(=O)N[C@@H](CSC(c1ccccc1)(c1ccccc1)c1ccccc1)C(=O)O. The van der Waals surface area contributed by atoms with Crippen molar-refractivity contribution >= 4 is 35.6 Å². The van der Waals surface area contributed by atoms with Gasteiger partial charge in [-0.15, -0.1) is 11.8 Å². The maximum Gasteiger partial charge on any atom is 0.407 e. The smallest absolute Gasteiger partial charge is 0.407 e. The van der Waals surface area contributed by atoms with E-state index in [9.17, 15) is 24.3 Å². The summed E-state index contributed by atoms with van der Waals surface area (Å²) >= 11 is 1.36. The van der Waals surface area contributed by atoms with Gasteiger partial charge >= 0.3 is 12.1 Å². The van der Waals surface area contributed by atoms with Crippen molar-refractivity contribution in [2.45, 2.75) is 29.2 Å². The highest BCUT2D eigenvalue weighted by molar-refractivity contribution is 8.00. The quantitative estimate of drug-likeness (QED) is 0.103. The summed E-state index contributed by atoms with van der Waals surface area (Å²) < 4.78 is 4.75. The molecule has 51 heavy (non-hydrogen) atoms. The summed E-state index contributed by atoms with van der Waals surface area (Å²) in [7, 11) is 0. The molecule has 10 heteroatoms. The molecule has 0 aromatic heterocycles. The minimum Gasteiger partial charge on any atom is -0.480 e. The molecule has 0 unspecified atom stereocenters. The highest BCUT2D eigenvalue weighted by Crippen LogP contribution is 2.49. The predicted octanol–water partition coefficient (Wildman–Crippen LogP) is 6.06. The van der Waals surface area contributed by atoms with Gasteiger partial charge in [0, 0.05) is 11.7 Å². The number of alkyl carbamates (subject to hydrolysis) is 1. The zero-order valence-corrected chi connectivity index (χ0v) is 28.4. The first-order chi connectivity index (χ1) is 24.8. The summed E-state index contributed by atoms with van der Waals surface area (Å²) in [6.45, 7) is -0.0142. The van der Waals surface area contributed by atoms with Crippen LogP contribution >= 0.6 is 11.8 Å². The molecule has 2 atom stereocenters. The molecule has 0 saturated carbocycles. The van der Waals surface area contributed by atoms with Crippen LogP contribution in [0.3, 0.4) is 0 Å². The Morgan fingerprint density at radius 1 is 0.667 bits per heavy atom. The number of hydrogen-bond acceptors (Lipinski definition) is 6. The largest absolute Gasteiger partial charge is 0.480 e. The molecule has 258 valence electrons. The van der Waals surface area contributed by atoms with Crippen molar-refractivity contribution in [1.82, 2.24) is 10.6 Å². The summed E-state index contributed by atoms with van der Waals surface area (Å²) in [6.07, 6.45) is -1.49. The minimum absolute atomic E-state index is 0.0142. The number of amides is 3. The number of primary amides is 1. The third-order valence-corrected chi connectivity index (χ3v) is 10.6. The first-order valence-corrected chi connectivity index (χ1v) is 17.5. The number of benzene rings is 5. The van der Waals surface area contributed by atoms with Gasteiger partial charge in [-0.05, 0) is 38.9 Å². The van der Waals surface area contributed by atoms with Gasteiger partial charge in [0.25, 0.3) is 0 Å². The van der Waals surface area contributed by atoms with Crippen LogP contribution in [0.4, 0.5) is 4.79 Å². The first-order valence-electron chi connectivity index (χ1n) is 16.5. The van der Waals surface area contributed by atoms with Gasteiger partial charge in [-0.3, -0.25) is 9.59 Å². The van der Waals surface area contributed by atoms with E-state index in [-0.39, 0.29) is 18.3 Å². The zero-order valence-electron chi connectivity index (χ0n) is 27.6. The zero-order chi connectivity index (χ0) is 35.8. The van der Waals surface area contributed by atoms with E-state index in [0.717, 1.165) is 38.9 Å². The van der Waals surface area contributed by atoms with Crippen LogP contribution in [-0.4, -0.2) is 53.4 Å². The number of carbonyl (C=O) groups excluding carboxylic acids is 3. The monoisotopic (exact) mass is 699 g/mol. The van der Waals surface area contributed by atoms with E-state index in [1.807, 2.05) is 140 Å². The number of thioether (sulfide) groups is 1. The van der Waals surface area contributed by atoms with Crippen LogP contribution in [0.15, 0.2) is 140 Å². The van der Waals surface area contributed by atoms with E-state index < -0.39 is 47.1 Å². The van der Waals surface area contributed by atoms with Crippen molar-refractivity contribution in [3.63, 3.8) is 0 Å². The van der Waals surface area contributed by atoms with Crippen molar-refractivity contribution in [2.24, 2.45) is 5.73 Å². The second-order valence-corrected chi connectivity index (χ2v) is 13.4. The molecule has 0 fully saturated rings. The molecule has 1 aliphatic rings. The van der Waals surface area contributed by atoms with Gasteiger partial charge in [0.05, 0.1) is 11.2 Å². The van der Waals surface area contributed by atoms with E-state index in [0.29, 0.717) is 0 Å². The van der Waals surface area contributed by atoms with Crippen LogP contribution in [0.1, 0.15) is 40.2 Å². The van der Waals surface area contributed by atoms with Crippen LogP contribution in [0.2, 0.25) is 0 Å². The molecule has 0 radical (unpaired) electrons. The molecule has 1 aliphatic carbocycles. The normalized spacial score (nSPS) is 13.3. The van der Waals surface area contributed by atoms with Gasteiger partial charge in [0.1, 0.15) is 18.7 Å². The van der Waals surface area contributed by atoms with Crippen LogP contribution in [0, 0.1) is 0 Å². The lowest BCUT2D eigenvalue weighted by molar-refractivity contribution is -0.141. The van der Waals surface area contributed by atoms with Crippen molar-refractivity contribution in [3.05, 3.63) is 167 Å². The maximum absolute atomic E-state index is 13.6. The number of rotatable bonds is 14. The maximum atomic E-state index is 13.6. The summed E-state index contributed by atoms with van der Waals surface area (Å²) in [4.78, 5) is 51.3. The summed E-state index contributed by atoms with van der Waals surface area (Å²) in [6, 6.07) is 42.1. The predicted molar refractivity (Wildman–Crippen MR) is 197 cm³/mol. The summed E-state index contributed by atoms with van der Waals surface area (Å²) in [5, 5.41) is 15.3. The lowest BCUT2D eigenvalue weighted by atomic mass is 9.84. The average molecular weight is 700 g/mol. The molecule has 5 aromatic rings. The van der Waals surface area contributed by atoms with E-state index in [1.165, 1.54) is 11.8 Å². The molecule has 9 nitrogen and oxygen atoms in total. The van der Waals surface area contributed by atoms with Crippen LogP contribution in [0.5, 0.6) is 0 Å². The number of aliphatic carboxylic acids is 1. The number of carbonyl (C=O) groups is 4. The van der Waals surface area contributed by atoms with E-state index >= 15 is 0 Å². The summed E-state index contributed by atoms with van der Waals surface area (Å²) in [5.41, 5.74) is 12.4. The molecule has 0 aliphatic heterocycles. The van der Waals surface area contributed by atoms with Crippen LogP contribution < -0.4 is 16.4 Å². The third kappa shape index (κ3) is 7.66. The second kappa shape index (κ2) is 15.8. The molecule has 6 rings (SSSR count). The van der Waals surface area contributed by atoms with Gasteiger partial charge in [-0.2, -0.15) is 0 Å². The Balaban J connectivity index is 1.19. The van der Waals surface area contributed by atoms with Gasteiger partial charge in [0.2, 0.25) is 11.8 Å². The molecule has 5 aromatic carbocycles. The lowest BCUT2D eigenvalue weighted by Gasteiger charge is -2.36. The van der Waals surface area contributed by atoms with E-state index in [1.54, 1.807) is 0 Å². The van der Waals surface area contributed by atoms with Gasteiger partial charge in [0.15, 0.2) is 0 Å². The number of nitrogens with one attached hydrogen (secondary N) is 2. The highest BCUT2D eigenvalue weighted by atomic mass is 32.2. The fraction of sp³-hybridized carbons (Fsp3) is 0.171. The number of carboxylic acids is 1. The van der Waals surface area contributed by atoms with Crippen molar-refractivity contribution in [2.75, 3.05) is 12.4 Å². The van der Waals surface area contributed by atoms with Crippen molar-refractivity contribution in [1.29, 1.82) is 0 Å². The fourth-order valence-electron chi connectivity index (χ4n) is 6.62. The summed E-state index contributed by atoms with van der Waals surface area (Å²) in [5.74, 6) is -3.29. The van der Waals surface area contributed by atoms with Crippen molar-refractivity contribution in [3.8, 4) is 11.1 Å². The van der Waals surface area contributed by atoms with Gasteiger partial charge in [-0.1, -0.05) is 140 Å². The van der Waals surface area contributed by atoms with Gasteiger partial charge < -0.3 is 26.2 Å². The number of carboxylic acid groups (broad SMARTS) is 1. The third-order valence-electron chi connectivity index (χ3n) is 8.98. The number of fused-ring (bicyclic) bond motifs is 3. The second-order valence-electron chi connectivity index (χ2n) is 12.2. The molecule has 3 amide bonds. The van der Waals surface area contributed by atoms with Gasteiger partial charge in [-0.25, -0.2) is 9.59 Å². The average Bonchev–Trinajstić information content (AvgIpc) is 3.48. The van der Waals surface area contributed by atoms with Crippen molar-refractivity contribution < 1.29 is 29.0 Å². The number of hydrogen-bond donors (Lipinski definition) is 4. The Morgan fingerprint density at radius 3 is 1.57 bits per heavy atom. The fourth-order valence-corrected chi connectivity index (χ4v) is 8.17.